The van der Waals surface area contributed by atoms with Crippen molar-refractivity contribution in [3.05, 3.63) is 53.2 Å². The number of nitrogens with one attached hydrogen (secondary N) is 1. The highest BCUT2D eigenvalue weighted by atomic mass is 16.5. The first-order valence-electron chi connectivity index (χ1n) is 9.76. The standard InChI is InChI=1S/C23H27NO5/c1-5-9-29-23-20(26-3)11-15(12-21(23)27-4)22(25)19-14-24-13-16-10-17(28-6-2)7-8-18(16)19/h7-8,10-12,14,24H,5-6,9,13H2,1-4H3. The summed E-state index contributed by atoms with van der Waals surface area (Å²) in [6.07, 6.45) is 2.61. The Morgan fingerprint density at radius 3 is 2.38 bits per heavy atom. The van der Waals surface area contributed by atoms with Gasteiger partial charge >= 0.3 is 0 Å². The fraction of sp³-hybridized carbons (Fsp3) is 0.348. The molecular weight excluding hydrogens is 370 g/mol. The van der Waals surface area contributed by atoms with Gasteiger partial charge in [0.2, 0.25) is 5.75 Å². The van der Waals surface area contributed by atoms with E-state index in [1.807, 2.05) is 32.0 Å². The highest BCUT2D eigenvalue weighted by Gasteiger charge is 2.24. The van der Waals surface area contributed by atoms with Crippen LogP contribution in [0.15, 0.2) is 36.5 Å². The number of ether oxygens (including phenoxy) is 4. The van der Waals surface area contributed by atoms with Crippen molar-refractivity contribution in [1.29, 1.82) is 0 Å². The predicted octanol–water partition coefficient (Wildman–Crippen LogP) is 4.22. The van der Waals surface area contributed by atoms with Gasteiger partial charge in [0.25, 0.3) is 0 Å². The molecule has 154 valence electrons. The maximum atomic E-state index is 13.3. The SMILES string of the molecule is CCCOc1c(OC)cc(C(=O)C2=CNCc3cc(OCC)ccc32)cc1OC. The number of rotatable bonds is 9. The number of allylic oxidation sites excluding steroid dienone is 1. The highest BCUT2D eigenvalue weighted by molar-refractivity contribution is 6.29. The van der Waals surface area contributed by atoms with Gasteiger partial charge in [0.1, 0.15) is 5.75 Å². The summed E-state index contributed by atoms with van der Waals surface area (Å²) in [4.78, 5) is 13.3. The number of fused-ring (bicyclic) bond motifs is 1. The number of benzene rings is 2. The van der Waals surface area contributed by atoms with Gasteiger partial charge in [0, 0.05) is 23.9 Å². The lowest BCUT2D eigenvalue weighted by atomic mass is 9.91. The second-order valence-electron chi connectivity index (χ2n) is 6.58. The molecule has 3 rings (SSSR count). The number of ketones is 1. The summed E-state index contributed by atoms with van der Waals surface area (Å²) in [6.45, 7) is 5.74. The van der Waals surface area contributed by atoms with Crippen molar-refractivity contribution >= 4 is 11.4 Å². The summed E-state index contributed by atoms with van der Waals surface area (Å²) < 4.78 is 22.3. The molecule has 0 aromatic heterocycles. The van der Waals surface area contributed by atoms with Crippen LogP contribution in [0.2, 0.25) is 0 Å². The van der Waals surface area contributed by atoms with Crippen molar-refractivity contribution in [3.63, 3.8) is 0 Å². The summed E-state index contributed by atoms with van der Waals surface area (Å²) in [5, 5.41) is 3.18. The number of carbonyl (C=O) groups excluding carboxylic acids is 1. The van der Waals surface area contributed by atoms with Gasteiger partial charge in [-0.3, -0.25) is 4.79 Å². The van der Waals surface area contributed by atoms with Crippen LogP contribution in [0.5, 0.6) is 23.0 Å². The lowest BCUT2D eigenvalue weighted by Crippen LogP contribution is -2.18. The molecule has 2 aromatic rings. The third kappa shape index (κ3) is 4.31. The van der Waals surface area contributed by atoms with E-state index in [1.165, 1.54) is 0 Å². The molecular formula is C23H27NO5. The Morgan fingerprint density at radius 1 is 1.03 bits per heavy atom. The summed E-state index contributed by atoms with van der Waals surface area (Å²) in [7, 11) is 3.10. The molecule has 0 unspecified atom stereocenters. The zero-order valence-electron chi connectivity index (χ0n) is 17.3. The van der Waals surface area contributed by atoms with Gasteiger partial charge in [0.05, 0.1) is 27.4 Å². The molecule has 0 aliphatic carbocycles. The monoisotopic (exact) mass is 397 g/mol. The van der Waals surface area contributed by atoms with Crippen LogP contribution in [0.25, 0.3) is 5.57 Å². The lowest BCUT2D eigenvalue weighted by molar-refractivity contribution is 0.105. The van der Waals surface area contributed by atoms with Crippen molar-refractivity contribution in [2.45, 2.75) is 26.8 Å². The minimum Gasteiger partial charge on any atom is -0.494 e. The van der Waals surface area contributed by atoms with Crippen molar-refractivity contribution in [3.8, 4) is 23.0 Å². The van der Waals surface area contributed by atoms with Crippen molar-refractivity contribution < 1.29 is 23.7 Å². The number of hydrogen-bond acceptors (Lipinski definition) is 6. The fourth-order valence-corrected chi connectivity index (χ4v) is 3.28. The van der Waals surface area contributed by atoms with E-state index in [0.717, 1.165) is 23.3 Å². The maximum Gasteiger partial charge on any atom is 0.203 e. The first-order valence-corrected chi connectivity index (χ1v) is 9.76. The van der Waals surface area contributed by atoms with E-state index in [-0.39, 0.29) is 5.78 Å². The Labute approximate surface area is 171 Å². The molecule has 1 N–H and O–H groups in total. The Balaban J connectivity index is 1.98. The van der Waals surface area contributed by atoms with Crippen molar-refractivity contribution in [1.82, 2.24) is 5.32 Å². The minimum absolute atomic E-state index is 0.124. The Bertz CT molecular complexity index is 894. The third-order valence-electron chi connectivity index (χ3n) is 4.63. The molecule has 1 aliphatic heterocycles. The van der Waals surface area contributed by atoms with Crippen LogP contribution in [0.1, 0.15) is 41.8 Å². The lowest BCUT2D eigenvalue weighted by Gasteiger charge is -2.20. The second kappa shape index (κ2) is 9.37. The average molecular weight is 397 g/mol. The van der Waals surface area contributed by atoms with E-state index in [0.29, 0.717) is 48.1 Å². The molecule has 0 saturated heterocycles. The molecule has 1 heterocycles. The molecule has 0 bridgehead atoms. The Kier molecular flexibility index (Phi) is 6.65. The van der Waals surface area contributed by atoms with E-state index in [9.17, 15) is 4.79 Å². The minimum atomic E-state index is -0.124. The molecule has 0 spiro atoms. The third-order valence-corrected chi connectivity index (χ3v) is 4.63. The average Bonchev–Trinajstić information content (AvgIpc) is 2.76. The largest absolute Gasteiger partial charge is 0.494 e. The van der Waals surface area contributed by atoms with E-state index in [1.54, 1.807) is 32.6 Å². The summed E-state index contributed by atoms with van der Waals surface area (Å²) in [6, 6.07) is 9.17. The van der Waals surface area contributed by atoms with Gasteiger partial charge in [0.15, 0.2) is 17.3 Å². The summed E-state index contributed by atoms with van der Waals surface area (Å²) >= 11 is 0. The zero-order valence-corrected chi connectivity index (χ0v) is 17.3. The van der Waals surface area contributed by atoms with Crippen LogP contribution in [0, 0.1) is 0 Å². The molecule has 1 aliphatic rings. The van der Waals surface area contributed by atoms with E-state index in [2.05, 4.69) is 5.32 Å². The first kappa shape index (κ1) is 20.6. The number of carbonyl (C=O) groups is 1. The number of Topliss-reactive ketones (excluding diaryl/α,β-unsaturated/α-hetero) is 1. The maximum absolute atomic E-state index is 13.3. The molecule has 6 heteroatoms. The molecule has 0 atom stereocenters. The molecule has 29 heavy (non-hydrogen) atoms. The number of hydrogen-bond donors (Lipinski definition) is 1. The van der Waals surface area contributed by atoms with E-state index in [4.69, 9.17) is 18.9 Å². The molecule has 0 amide bonds. The fourth-order valence-electron chi connectivity index (χ4n) is 3.28. The van der Waals surface area contributed by atoms with Crippen LogP contribution < -0.4 is 24.3 Å². The van der Waals surface area contributed by atoms with Crippen LogP contribution >= 0.6 is 0 Å². The van der Waals surface area contributed by atoms with E-state index >= 15 is 0 Å². The molecule has 0 saturated carbocycles. The van der Waals surface area contributed by atoms with Crippen LogP contribution in [-0.2, 0) is 6.54 Å². The van der Waals surface area contributed by atoms with Crippen LogP contribution in [-0.4, -0.2) is 33.2 Å². The van der Waals surface area contributed by atoms with Gasteiger partial charge in [-0.25, -0.2) is 0 Å². The molecule has 6 nitrogen and oxygen atoms in total. The second-order valence-corrected chi connectivity index (χ2v) is 6.58. The Morgan fingerprint density at radius 2 is 1.76 bits per heavy atom. The summed E-state index contributed by atoms with van der Waals surface area (Å²) in [5.74, 6) is 2.12. The first-order chi connectivity index (χ1) is 14.1. The summed E-state index contributed by atoms with van der Waals surface area (Å²) in [5.41, 5.74) is 2.96. The van der Waals surface area contributed by atoms with Gasteiger partial charge in [-0.05, 0) is 48.7 Å². The molecule has 2 aromatic carbocycles. The normalized spacial score (nSPS) is 12.3. The quantitative estimate of drug-likeness (QED) is 0.639. The van der Waals surface area contributed by atoms with Crippen molar-refractivity contribution in [2.75, 3.05) is 27.4 Å². The highest BCUT2D eigenvalue weighted by Crippen LogP contribution is 2.40. The topological polar surface area (TPSA) is 66.0 Å². The zero-order chi connectivity index (χ0) is 20.8. The van der Waals surface area contributed by atoms with Gasteiger partial charge < -0.3 is 24.3 Å². The van der Waals surface area contributed by atoms with Crippen molar-refractivity contribution in [2.24, 2.45) is 0 Å². The van der Waals surface area contributed by atoms with Gasteiger partial charge in [-0.15, -0.1) is 0 Å². The molecule has 0 radical (unpaired) electrons. The molecule has 0 fully saturated rings. The van der Waals surface area contributed by atoms with Crippen LogP contribution in [0.4, 0.5) is 0 Å². The van der Waals surface area contributed by atoms with Crippen LogP contribution in [0.3, 0.4) is 0 Å². The Hall–Kier alpha value is -3.15. The predicted molar refractivity (Wildman–Crippen MR) is 112 cm³/mol. The smallest absolute Gasteiger partial charge is 0.203 e. The van der Waals surface area contributed by atoms with E-state index < -0.39 is 0 Å². The van der Waals surface area contributed by atoms with Gasteiger partial charge in [-0.2, -0.15) is 0 Å². The van der Waals surface area contributed by atoms with Gasteiger partial charge in [-0.1, -0.05) is 13.0 Å². The number of methoxy groups -OCH3 is 2.